The van der Waals surface area contributed by atoms with Gasteiger partial charge < -0.3 is 9.88 Å². The first-order valence-electron chi connectivity index (χ1n) is 6.43. The Morgan fingerprint density at radius 1 is 1.45 bits per heavy atom. The molecule has 1 amide bonds. The molecule has 0 fully saturated rings. The van der Waals surface area contributed by atoms with Gasteiger partial charge in [0.1, 0.15) is 5.69 Å². The van der Waals surface area contributed by atoms with E-state index in [1.807, 2.05) is 42.7 Å². The van der Waals surface area contributed by atoms with E-state index in [2.05, 4.69) is 21.2 Å². The van der Waals surface area contributed by atoms with Crippen LogP contribution in [-0.4, -0.2) is 10.5 Å². The van der Waals surface area contributed by atoms with Crippen LogP contribution in [0.15, 0.2) is 41.0 Å². The Morgan fingerprint density at radius 3 is 2.85 bits per heavy atom. The van der Waals surface area contributed by atoms with Gasteiger partial charge in [-0.1, -0.05) is 39.7 Å². The Hall–Kier alpha value is -1.26. The number of carbonyl (C=O) groups excluding carboxylic acids is 1. The van der Waals surface area contributed by atoms with Crippen LogP contribution in [0.1, 0.15) is 35.9 Å². The highest BCUT2D eigenvalue weighted by Gasteiger charge is 2.15. The van der Waals surface area contributed by atoms with Gasteiger partial charge in [0.15, 0.2) is 0 Å². The predicted molar refractivity (Wildman–Crippen MR) is 85.1 cm³/mol. The average molecular weight is 356 g/mol. The van der Waals surface area contributed by atoms with Crippen molar-refractivity contribution >= 4 is 33.4 Å². The third kappa shape index (κ3) is 3.44. The number of hydrogen-bond donors (Lipinski definition) is 1. The maximum Gasteiger partial charge on any atom is 0.268 e. The lowest BCUT2D eigenvalue weighted by atomic mass is 10.1. The van der Waals surface area contributed by atoms with Gasteiger partial charge in [-0.3, -0.25) is 4.79 Å². The summed E-state index contributed by atoms with van der Waals surface area (Å²) < 4.78 is 2.83. The maximum atomic E-state index is 12.3. The summed E-state index contributed by atoms with van der Waals surface area (Å²) in [4.78, 5) is 12.3. The van der Waals surface area contributed by atoms with E-state index in [-0.39, 0.29) is 11.9 Å². The number of nitrogens with one attached hydrogen (secondary N) is 1. The molecule has 0 saturated heterocycles. The molecule has 0 radical (unpaired) electrons. The molecule has 2 aromatic rings. The molecule has 1 heterocycles. The first-order valence-corrected chi connectivity index (χ1v) is 7.60. The van der Waals surface area contributed by atoms with Crippen LogP contribution in [-0.2, 0) is 6.54 Å². The van der Waals surface area contributed by atoms with Gasteiger partial charge in [0.05, 0.1) is 11.1 Å². The van der Waals surface area contributed by atoms with E-state index < -0.39 is 0 Å². The van der Waals surface area contributed by atoms with Crippen LogP contribution in [0.4, 0.5) is 0 Å². The van der Waals surface area contributed by atoms with Crippen LogP contribution in [0.2, 0.25) is 5.02 Å². The molecule has 1 atom stereocenters. The second-order valence-electron chi connectivity index (χ2n) is 4.58. The molecule has 0 aliphatic rings. The summed E-state index contributed by atoms with van der Waals surface area (Å²) >= 11 is 9.39. The first-order chi connectivity index (χ1) is 9.51. The monoisotopic (exact) mass is 354 g/mol. The molecular weight excluding hydrogens is 340 g/mol. The van der Waals surface area contributed by atoms with Crippen molar-refractivity contribution in [1.29, 1.82) is 0 Å². The molecule has 2 rings (SSSR count). The largest absolute Gasteiger partial charge is 0.344 e. The van der Waals surface area contributed by atoms with E-state index in [1.165, 1.54) is 0 Å². The SMILES string of the molecule is CCn1cc(Cl)cc1C(=O)NC(C)c1cccc(Br)c1. The van der Waals surface area contributed by atoms with E-state index >= 15 is 0 Å². The van der Waals surface area contributed by atoms with Crippen LogP contribution < -0.4 is 5.32 Å². The van der Waals surface area contributed by atoms with Crippen molar-refractivity contribution in [2.24, 2.45) is 0 Å². The van der Waals surface area contributed by atoms with Gasteiger partial charge in [0.2, 0.25) is 0 Å². The van der Waals surface area contributed by atoms with Crippen molar-refractivity contribution in [3.05, 3.63) is 57.3 Å². The highest BCUT2D eigenvalue weighted by Crippen LogP contribution is 2.19. The minimum absolute atomic E-state index is 0.0704. The molecule has 20 heavy (non-hydrogen) atoms. The van der Waals surface area contributed by atoms with E-state index in [4.69, 9.17) is 11.6 Å². The Balaban J connectivity index is 2.15. The molecule has 1 aromatic carbocycles. The molecule has 5 heteroatoms. The molecule has 0 aliphatic heterocycles. The molecule has 1 unspecified atom stereocenters. The maximum absolute atomic E-state index is 12.3. The number of carbonyl (C=O) groups is 1. The minimum atomic E-state index is -0.119. The number of halogens is 2. The molecule has 3 nitrogen and oxygen atoms in total. The molecular formula is C15H16BrClN2O. The lowest BCUT2D eigenvalue weighted by Crippen LogP contribution is -2.28. The molecule has 0 aliphatic carbocycles. The highest BCUT2D eigenvalue weighted by molar-refractivity contribution is 9.10. The normalized spacial score (nSPS) is 12.2. The van der Waals surface area contributed by atoms with Crippen molar-refractivity contribution in [2.75, 3.05) is 0 Å². The summed E-state index contributed by atoms with van der Waals surface area (Å²) in [6.07, 6.45) is 1.76. The van der Waals surface area contributed by atoms with Gasteiger partial charge in [0, 0.05) is 17.2 Å². The Kier molecular flexibility index (Phi) is 4.89. The van der Waals surface area contributed by atoms with Gasteiger partial charge in [-0.05, 0) is 37.6 Å². The number of benzene rings is 1. The summed E-state index contributed by atoms with van der Waals surface area (Å²) in [6.45, 7) is 4.64. The molecule has 106 valence electrons. The number of nitrogens with zero attached hydrogens (tertiary/aromatic N) is 1. The second-order valence-corrected chi connectivity index (χ2v) is 5.93. The van der Waals surface area contributed by atoms with Crippen molar-refractivity contribution in [1.82, 2.24) is 9.88 Å². The van der Waals surface area contributed by atoms with Crippen molar-refractivity contribution in [2.45, 2.75) is 26.4 Å². The number of hydrogen-bond acceptors (Lipinski definition) is 1. The predicted octanol–water partition coefficient (Wildman–Crippen LogP) is 4.41. The van der Waals surface area contributed by atoms with Crippen molar-refractivity contribution < 1.29 is 4.79 Å². The second kappa shape index (κ2) is 6.46. The van der Waals surface area contributed by atoms with Gasteiger partial charge in [-0.2, -0.15) is 0 Å². The fourth-order valence-electron chi connectivity index (χ4n) is 2.06. The lowest BCUT2D eigenvalue weighted by molar-refractivity contribution is 0.0930. The zero-order chi connectivity index (χ0) is 14.7. The van der Waals surface area contributed by atoms with E-state index in [0.717, 1.165) is 10.0 Å². The van der Waals surface area contributed by atoms with Crippen LogP contribution in [0.3, 0.4) is 0 Å². The Labute approximate surface area is 132 Å². The third-order valence-electron chi connectivity index (χ3n) is 3.13. The number of amides is 1. The fourth-order valence-corrected chi connectivity index (χ4v) is 2.69. The number of aryl methyl sites for hydroxylation is 1. The van der Waals surface area contributed by atoms with Gasteiger partial charge in [0.25, 0.3) is 5.91 Å². The molecule has 0 saturated carbocycles. The fraction of sp³-hybridized carbons (Fsp3) is 0.267. The van der Waals surface area contributed by atoms with Crippen LogP contribution in [0.5, 0.6) is 0 Å². The quantitative estimate of drug-likeness (QED) is 0.865. The molecule has 1 aromatic heterocycles. The highest BCUT2D eigenvalue weighted by atomic mass is 79.9. The standard InChI is InChI=1S/C15H16BrClN2O/c1-3-19-9-13(17)8-14(19)15(20)18-10(2)11-5-4-6-12(16)7-11/h4-10H,3H2,1-2H3,(H,18,20). The summed E-state index contributed by atoms with van der Waals surface area (Å²) in [5, 5.41) is 3.56. The zero-order valence-corrected chi connectivity index (χ0v) is 13.7. The van der Waals surface area contributed by atoms with Gasteiger partial charge >= 0.3 is 0 Å². The van der Waals surface area contributed by atoms with Crippen molar-refractivity contribution in [3.8, 4) is 0 Å². The first kappa shape index (κ1) is 15.1. The summed E-state index contributed by atoms with van der Waals surface area (Å²) in [5.41, 5.74) is 1.63. The van der Waals surface area contributed by atoms with Crippen LogP contribution in [0.25, 0.3) is 0 Å². The topological polar surface area (TPSA) is 34.0 Å². The van der Waals surface area contributed by atoms with Crippen LogP contribution >= 0.6 is 27.5 Å². The summed E-state index contributed by atoms with van der Waals surface area (Å²) in [5.74, 6) is -0.119. The Morgan fingerprint density at radius 2 is 2.20 bits per heavy atom. The number of aromatic nitrogens is 1. The van der Waals surface area contributed by atoms with E-state index in [1.54, 1.807) is 12.3 Å². The molecule has 0 bridgehead atoms. The minimum Gasteiger partial charge on any atom is -0.344 e. The van der Waals surface area contributed by atoms with Crippen molar-refractivity contribution in [3.63, 3.8) is 0 Å². The summed E-state index contributed by atoms with van der Waals surface area (Å²) in [6, 6.07) is 9.51. The smallest absolute Gasteiger partial charge is 0.268 e. The molecule has 0 spiro atoms. The molecule has 1 N–H and O–H groups in total. The van der Waals surface area contributed by atoms with Gasteiger partial charge in [-0.25, -0.2) is 0 Å². The van der Waals surface area contributed by atoms with Crippen LogP contribution in [0, 0.1) is 0 Å². The zero-order valence-electron chi connectivity index (χ0n) is 11.4. The van der Waals surface area contributed by atoms with E-state index in [0.29, 0.717) is 17.3 Å². The van der Waals surface area contributed by atoms with Gasteiger partial charge in [-0.15, -0.1) is 0 Å². The third-order valence-corrected chi connectivity index (χ3v) is 3.83. The summed E-state index contributed by atoms with van der Waals surface area (Å²) in [7, 11) is 0. The average Bonchev–Trinajstić information content (AvgIpc) is 2.80. The Bertz CT molecular complexity index is 624. The van der Waals surface area contributed by atoms with E-state index in [9.17, 15) is 4.79 Å². The lowest BCUT2D eigenvalue weighted by Gasteiger charge is -2.15. The number of rotatable bonds is 4.